The van der Waals surface area contributed by atoms with E-state index in [4.69, 9.17) is 4.98 Å². The molecule has 28 heavy (non-hydrogen) atoms. The van der Waals surface area contributed by atoms with Crippen LogP contribution in [0.2, 0.25) is 0 Å². The van der Waals surface area contributed by atoms with Gasteiger partial charge in [-0.15, -0.1) is 0 Å². The van der Waals surface area contributed by atoms with Gasteiger partial charge < -0.3 is 4.90 Å². The third kappa shape index (κ3) is 2.80. The lowest BCUT2D eigenvalue weighted by molar-refractivity contribution is 0.145. The number of aryl methyl sites for hydroxylation is 1. The normalized spacial score (nSPS) is 18.4. The molecule has 0 amide bonds. The van der Waals surface area contributed by atoms with Crippen LogP contribution < -0.4 is 4.90 Å². The molecule has 1 aliphatic heterocycles. The number of hydrogen-bond acceptors (Lipinski definition) is 4. The van der Waals surface area contributed by atoms with Gasteiger partial charge in [-0.25, -0.2) is 18.3 Å². The molecule has 0 atom stereocenters. The van der Waals surface area contributed by atoms with Crippen LogP contribution in [0.15, 0.2) is 29.0 Å². The molecule has 5 rings (SSSR count). The van der Waals surface area contributed by atoms with Crippen molar-refractivity contribution in [3.05, 3.63) is 51.6 Å². The molecule has 1 spiro atoms. The number of hydrogen-bond donors (Lipinski definition) is 0. The van der Waals surface area contributed by atoms with E-state index in [9.17, 15) is 8.78 Å². The standard InChI is InChI=1S/C20H20BrF2N5/c1-12-17(21)28-16(4-7-24-28)19(25-12)27-8-5-20(6-9-27)10-13-2-3-14(18(22)23)26-15(13)11-20/h2-4,7,18H,5-6,8-11H2,1H3. The number of pyridine rings is 1. The van der Waals surface area contributed by atoms with Gasteiger partial charge in [-0.05, 0) is 71.6 Å². The summed E-state index contributed by atoms with van der Waals surface area (Å²) in [5, 5.41) is 4.39. The van der Waals surface area contributed by atoms with Crippen molar-refractivity contribution >= 4 is 27.3 Å². The molecule has 0 bridgehead atoms. The highest BCUT2D eigenvalue weighted by atomic mass is 79.9. The third-order valence-corrected chi connectivity index (χ3v) is 7.08. The first kappa shape index (κ1) is 18.0. The fraction of sp³-hybridized carbons (Fsp3) is 0.450. The van der Waals surface area contributed by atoms with Crippen LogP contribution in [0, 0.1) is 12.3 Å². The molecule has 146 valence electrons. The van der Waals surface area contributed by atoms with E-state index in [2.05, 4.69) is 30.9 Å². The quantitative estimate of drug-likeness (QED) is 0.579. The van der Waals surface area contributed by atoms with Crippen molar-refractivity contribution in [1.82, 2.24) is 19.6 Å². The number of alkyl halides is 2. The second kappa shape index (κ2) is 6.47. The highest BCUT2D eigenvalue weighted by Crippen LogP contribution is 2.45. The minimum absolute atomic E-state index is 0.106. The number of halogens is 3. The zero-order valence-corrected chi connectivity index (χ0v) is 17.1. The Bertz CT molecular complexity index is 1060. The van der Waals surface area contributed by atoms with E-state index in [1.807, 2.05) is 23.6 Å². The Labute approximate surface area is 169 Å². The lowest BCUT2D eigenvalue weighted by atomic mass is 9.76. The van der Waals surface area contributed by atoms with Crippen molar-refractivity contribution in [3.8, 4) is 0 Å². The molecule has 0 unspecified atom stereocenters. The number of piperidine rings is 1. The fourth-order valence-electron chi connectivity index (χ4n) is 4.63. The Morgan fingerprint density at radius 1 is 1.11 bits per heavy atom. The summed E-state index contributed by atoms with van der Waals surface area (Å²) in [5.41, 5.74) is 3.92. The van der Waals surface area contributed by atoms with Crippen molar-refractivity contribution in [2.24, 2.45) is 5.41 Å². The molecule has 5 nitrogen and oxygen atoms in total. The predicted octanol–water partition coefficient (Wildman–Crippen LogP) is 4.52. The summed E-state index contributed by atoms with van der Waals surface area (Å²) in [4.78, 5) is 11.4. The second-order valence-electron chi connectivity index (χ2n) is 7.92. The largest absolute Gasteiger partial charge is 0.355 e. The number of rotatable bonds is 2. The molecule has 1 fully saturated rings. The minimum Gasteiger partial charge on any atom is -0.355 e. The van der Waals surface area contributed by atoms with Gasteiger partial charge >= 0.3 is 0 Å². The first-order valence-corrected chi connectivity index (χ1v) is 10.3. The van der Waals surface area contributed by atoms with Crippen molar-refractivity contribution in [2.75, 3.05) is 18.0 Å². The lowest BCUT2D eigenvalue weighted by Gasteiger charge is -2.40. The molecule has 4 heterocycles. The van der Waals surface area contributed by atoms with Crippen LogP contribution in [-0.2, 0) is 12.8 Å². The van der Waals surface area contributed by atoms with Gasteiger partial charge in [0, 0.05) is 18.8 Å². The molecule has 2 aliphatic rings. The van der Waals surface area contributed by atoms with Gasteiger partial charge in [-0.3, -0.25) is 4.98 Å². The summed E-state index contributed by atoms with van der Waals surface area (Å²) >= 11 is 3.56. The summed E-state index contributed by atoms with van der Waals surface area (Å²) in [5.74, 6) is 0.960. The topological polar surface area (TPSA) is 46.3 Å². The lowest BCUT2D eigenvalue weighted by Crippen LogP contribution is -2.41. The molecular weight excluding hydrogens is 428 g/mol. The summed E-state index contributed by atoms with van der Waals surface area (Å²) in [6, 6.07) is 5.31. The molecule has 1 aliphatic carbocycles. The van der Waals surface area contributed by atoms with Crippen LogP contribution in [0.4, 0.5) is 14.6 Å². The first-order chi connectivity index (χ1) is 13.5. The van der Waals surface area contributed by atoms with Gasteiger partial charge in [0.1, 0.15) is 15.8 Å². The van der Waals surface area contributed by atoms with E-state index >= 15 is 0 Å². The van der Waals surface area contributed by atoms with E-state index in [0.29, 0.717) is 0 Å². The zero-order chi connectivity index (χ0) is 19.5. The SMILES string of the molecule is Cc1nc(N2CCC3(CC2)Cc2ccc(C(F)F)nc2C3)c2ccnn2c1Br. The van der Waals surface area contributed by atoms with Crippen LogP contribution in [0.5, 0.6) is 0 Å². The van der Waals surface area contributed by atoms with Crippen molar-refractivity contribution in [3.63, 3.8) is 0 Å². The van der Waals surface area contributed by atoms with Gasteiger partial charge in [-0.1, -0.05) is 6.07 Å². The maximum atomic E-state index is 13.0. The second-order valence-corrected chi connectivity index (χ2v) is 8.67. The summed E-state index contributed by atoms with van der Waals surface area (Å²) in [7, 11) is 0. The maximum absolute atomic E-state index is 13.0. The summed E-state index contributed by atoms with van der Waals surface area (Å²) in [6.45, 7) is 3.76. The monoisotopic (exact) mass is 447 g/mol. The molecule has 3 aromatic heterocycles. The van der Waals surface area contributed by atoms with Gasteiger partial charge in [0.15, 0.2) is 5.82 Å². The molecule has 0 aromatic carbocycles. The number of nitrogens with zero attached hydrogens (tertiary/aromatic N) is 5. The van der Waals surface area contributed by atoms with Crippen LogP contribution in [0.25, 0.3) is 5.52 Å². The van der Waals surface area contributed by atoms with E-state index in [0.717, 1.165) is 71.7 Å². The van der Waals surface area contributed by atoms with Crippen LogP contribution in [0.3, 0.4) is 0 Å². The Hall–Kier alpha value is -2.09. The van der Waals surface area contributed by atoms with Crippen molar-refractivity contribution < 1.29 is 8.78 Å². The smallest absolute Gasteiger partial charge is 0.280 e. The Balaban J connectivity index is 1.38. The van der Waals surface area contributed by atoms with E-state index in [-0.39, 0.29) is 11.1 Å². The predicted molar refractivity (Wildman–Crippen MR) is 106 cm³/mol. The van der Waals surface area contributed by atoms with Crippen LogP contribution >= 0.6 is 15.9 Å². The Morgan fingerprint density at radius 2 is 1.89 bits per heavy atom. The summed E-state index contributed by atoms with van der Waals surface area (Å²) in [6.07, 6.45) is 3.02. The Kier molecular flexibility index (Phi) is 4.15. The number of fused-ring (bicyclic) bond motifs is 2. The van der Waals surface area contributed by atoms with Gasteiger partial charge in [-0.2, -0.15) is 5.10 Å². The van der Waals surface area contributed by atoms with Crippen molar-refractivity contribution in [1.29, 1.82) is 0 Å². The molecular formula is C20H20BrF2N5. The number of aromatic nitrogens is 4. The highest BCUT2D eigenvalue weighted by molar-refractivity contribution is 9.10. The van der Waals surface area contributed by atoms with Gasteiger partial charge in [0.25, 0.3) is 6.43 Å². The summed E-state index contributed by atoms with van der Waals surface area (Å²) < 4.78 is 28.7. The molecule has 8 heteroatoms. The van der Waals surface area contributed by atoms with Crippen molar-refractivity contribution in [2.45, 2.75) is 39.0 Å². The number of anilines is 1. The molecule has 3 aromatic rings. The Morgan fingerprint density at radius 3 is 2.64 bits per heavy atom. The van der Waals surface area contributed by atoms with Gasteiger partial charge in [0.2, 0.25) is 0 Å². The van der Waals surface area contributed by atoms with E-state index in [1.54, 1.807) is 6.20 Å². The molecule has 0 radical (unpaired) electrons. The third-order valence-electron chi connectivity index (χ3n) is 6.18. The fourth-order valence-corrected chi connectivity index (χ4v) is 5.00. The average Bonchev–Trinajstić information content (AvgIpc) is 3.29. The maximum Gasteiger partial charge on any atom is 0.280 e. The minimum atomic E-state index is -2.51. The molecule has 1 saturated heterocycles. The first-order valence-electron chi connectivity index (χ1n) is 9.47. The molecule has 0 N–H and O–H groups in total. The highest BCUT2D eigenvalue weighted by Gasteiger charge is 2.41. The zero-order valence-electron chi connectivity index (χ0n) is 15.5. The van der Waals surface area contributed by atoms with Crippen LogP contribution in [-0.4, -0.2) is 32.7 Å². The van der Waals surface area contributed by atoms with E-state index in [1.165, 1.54) is 6.07 Å². The molecule has 0 saturated carbocycles. The average molecular weight is 448 g/mol. The van der Waals surface area contributed by atoms with Crippen LogP contribution in [0.1, 0.15) is 41.9 Å². The van der Waals surface area contributed by atoms with Gasteiger partial charge in [0.05, 0.1) is 11.9 Å². The van der Waals surface area contributed by atoms with E-state index < -0.39 is 6.43 Å².